The molecule has 1 aromatic carbocycles. The molecule has 0 radical (unpaired) electrons. The normalized spacial score (nSPS) is 16.5. The molecule has 0 bridgehead atoms. The largest absolute Gasteiger partial charge is 0.416 e. The highest BCUT2D eigenvalue weighted by Gasteiger charge is 2.36. The predicted octanol–water partition coefficient (Wildman–Crippen LogP) is 5.42. The summed E-state index contributed by atoms with van der Waals surface area (Å²) in [7, 11) is 0. The van der Waals surface area contributed by atoms with Gasteiger partial charge in [-0.1, -0.05) is 12.1 Å². The third kappa shape index (κ3) is 4.30. The number of nitrogens with one attached hydrogen (secondary N) is 1. The summed E-state index contributed by atoms with van der Waals surface area (Å²) in [6.07, 6.45) is -4.38. The number of benzene rings is 1. The van der Waals surface area contributed by atoms with E-state index in [0.717, 1.165) is 24.4 Å². The van der Waals surface area contributed by atoms with E-state index in [1.807, 2.05) is 0 Å². The number of aromatic nitrogens is 2. The van der Waals surface area contributed by atoms with Crippen molar-refractivity contribution in [2.75, 3.05) is 18.4 Å². The number of hydrogen-bond donors (Lipinski definition) is 1. The molecule has 1 N–H and O–H groups in total. The number of halogens is 6. The predicted molar refractivity (Wildman–Crippen MR) is 100 cm³/mol. The number of imidazole rings is 1. The summed E-state index contributed by atoms with van der Waals surface area (Å²) in [5, 5.41) is 2.53. The Morgan fingerprint density at radius 3 is 2.29 bits per heavy atom. The number of rotatable bonds is 2. The number of alkyl halides is 5. The van der Waals surface area contributed by atoms with Crippen molar-refractivity contribution < 1.29 is 31.1 Å². The van der Waals surface area contributed by atoms with Gasteiger partial charge in [-0.15, -0.1) is 0 Å². The van der Waals surface area contributed by atoms with Crippen LogP contribution in [-0.2, 0) is 6.18 Å². The highest BCUT2D eigenvalue weighted by Crippen LogP contribution is 2.34. The number of hydrogen-bond acceptors (Lipinski definition) is 2. The molecular formula is C20H16F6N4O. The van der Waals surface area contributed by atoms with Crippen LogP contribution in [0.25, 0.3) is 16.9 Å². The molecule has 31 heavy (non-hydrogen) atoms. The number of urea groups is 1. The fourth-order valence-electron chi connectivity index (χ4n) is 3.42. The summed E-state index contributed by atoms with van der Waals surface area (Å²) in [6, 6.07) is 5.94. The van der Waals surface area contributed by atoms with Gasteiger partial charge in [0.1, 0.15) is 11.5 Å². The van der Waals surface area contributed by atoms with Gasteiger partial charge in [0, 0.05) is 37.7 Å². The number of likely N-dealkylation sites (tertiary alicyclic amines) is 1. The van der Waals surface area contributed by atoms with E-state index in [4.69, 9.17) is 0 Å². The van der Waals surface area contributed by atoms with Crippen molar-refractivity contribution in [3.8, 4) is 11.3 Å². The van der Waals surface area contributed by atoms with Gasteiger partial charge in [0.2, 0.25) is 0 Å². The first kappa shape index (κ1) is 21.0. The zero-order chi connectivity index (χ0) is 22.4. The summed E-state index contributed by atoms with van der Waals surface area (Å²) in [4.78, 5) is 18.0. The lowest BCUT2D eigenvalue weighted by molar-refractivity contribution is -0.137. The number of anilines is 1. The fourth-order valence-corrected chi connectivity index (χ4v) is 3.42. The van der Waals surface area contributed by atoms with Crippen molar-refractivity contribution in [1.29, 1.82) is 0 Å². The zero-order valence-electron chi connectivity index (χ0n) is 15.9. The van der Waals surface area contributed by atoms with E-state index in [1.54, 1.807) is 0 Å². The number of pyridine rings is 1. The van der Waals surface area contributed by atoms with Crippen molar-refractivity contribution in [2.24, 2.45) is 0 Å². The molecule has 1 fully saturated rings. The van der Waals surface area contributed by atoms with Gasteiger partial charge in [-0.3, -0.25) is 9.72 Å². The van der Waals surface area contributed by atoms with Crippen LogP contribution in [0.15, 0.2) is 42.6 Å². The maximum Gasteiger partial charge on any atom is 0.416 e. The van der Waals surface area contributed by atoms with Crippen molar-refractivity contribution in [3.63, 3.8) is 0 Å². The second kappa shape index (κ2) is 7.47. The van der Waals surface area contributed by atoms with Crippen LogP contribution >= 0.6 is 0 Å². The lowest BCUT2D eigenvalue weighted by Crippen LogP contribution is -2.44. The lowest BCUT2D eigenvalue weighted by Gasteiger charge is -2.31. The number of carbonyl (C=O) groups is 1. The Hall–Kier alpha value is -3.24. The van der Waals surface area contributed by atoms with E-state index in [2.05, 4.69) is 10.3 Å². The molecule has 0 unspecified atom stereocenters. The third-order valence-corrected chi connectivity index (χ3v) is 5.08. The Labute approximate surface area is 172 Å². The number of carbonyl (C=O) groups excluding carboxylic acids is 1. The monoisotopic (exact) mass is 442 g/mol. The van der Waals surface area contributed by atoms with Crippen LogP contribution in [0.3, 0.4) is 0 Å². The van der Waals surface area contributed by atoms with Crippen molar-refractivity contribution >= 4 is 17.5 Å². The third-order valence-electron chi connectivity index (χ3n) is 5.08. The second-order valence-electron chi connectivity index (χ2n) is 7.23. The van der Waals surface area contributed by atoms with Gasteiger partial charge in [0.15, 0.2) is 5.82 Å². The van der Waals surface area contributed by atoms with E-state index in [-0.39, 0.29) is 35.8 Å². The van der Waals surface area contributed by atoms with Crippen molar-refractivity contribution in [3.05, 3.63) is 54.0 Å². The minimum Gasteiger partial charge on any atom is -0.324 e. The van der Waals surface area contributed by atoms with Crippen LogP contribution in [0, 0.1) is 5.82 Å². The SMILES string of the molecule is O=C(Nc1nc2ccc(F)cn2c1-c1ccc(C(F)(F)F)cc1)N1CCC(F)(F)CC1. The Bertz CT molecular complexity index is 1110. The average Bonchev–Trinajstić information content (AvgIpc) is 3.04. The zero-order valence-corrected chi connectivity index (χ0v) is 15.9. The minimum absolute atomic E-state index is 0.0207. The highest BCUT2D eigenvalue weighted by molar-refractivity contribution is 5.93. The molecule has 1 saturated heterocycles. The Balaban J connectivity index is 1.70. The van der Waals surface area contributed by atoms with Gasteiger partial charge < -0.3 is 4.90 Å². The molecule has 1 aliphatic rings. The van der Waals surface area contributed by atoms with E-state index in [9.17, 15) is 31.1 Å². The standard InChI is InChI=1S/C20H16F6N4O/c21-14-5-6-15-27-17(28-18(31)29-9-7-19(22,23)8-10-29)16(30(15)11-14)12-1-3-13(4-2-12)20(24,25)26/h1-6,11H,7-10H2,(H,28,31). The van der Waals surface area contributed by atoms with Gasteiger partial charge in [0.05, 0.1) is 11.3 Å². The molecule has 5 nitrogen and oxygen atoms in total. The molecule has 11 heteroatoms. The summed E-state index contributed by atoms with van der Waals surface area (Å²) < 4.78 is 80.5. The van der Waals surface area contributed by atoms with Crippen LogP contribution in [0.1, 0.15) is 18.4 Å². The number of piperidine rings is 1. The van der Waals surface area contributed by atoms with Crippen molar-refractivity contribution in [1.82, 2.24) is 14.3 Å². The van der Waals surface area contributed by atoms with Gasteiger partial charge in [0.25, 0.3) is 5.92 Å². The minimum atomic E-state index is -4.53. The number of amides is 2. The molecule has 3 aromatic rings. The van der Waals surface area contributed by atoms with Gasteiger partial charge in [-0.25, -0.2) is 22.9 Å². The molecule has 1 aliphatic heterocycles. The number of nitrogens with zero attached hydrogens (tertiary/aromatic N) is 3. The summed E-state index contributed by atoms with van der Waals surface area (Å²) in [5.41, 5.74) is -0.196. The van der Waals surface area contributed by atoms with E-state index in [0.29, 0.717) is 0 Å². The van der Waals surface area contributed by atoms with E-state index in [1.165, 1.54) is 27.5 Å². The summed E-state index contributed by atoms with van der Waals surface area (Å²) in [5.74, 6) is -3.47. The quantitative estimate of drug-likeness (QED) is 0.539. The first-order chi connectivity index (χ1) is 14.5. The van der Waals surface area contributed by atoms with Crippen LogP contribution in [0.2, 0.25) is 0 Å². The Kier molecular flexibility index (Phi) is 5.06. The van der Waals surface area contributed by atoms with E-state index < -0.39 is 42.4 Å². The molecule has 2 amide bonds. The molecular weight excluding hydrogens is 426 g/mol. The van der Waals surface area contributed by atoms with Crippen LogP contribution in [-0.4, -0.2) is 39.3 Å². The average molecular weight is 442 g/mol. The van der Waals surface area contributed by atoms with Gasteiger partial charge >= 0.3 is 12.2 Å². The Morgan fingerprint density at radius 1 is 1.03 bits per heavy atom. The van der Waals surface area contributed by atoms with Gasteiger partial charge in [-0.05, 0) is 24.3 Å². The molecule has 2 aromatic heterocycles. The lowest BCUT2D eigenvalue weighted by atomic mass is 10.1. The molecule has 0 spiro atoms. The summed E-state index contributed by atoms with van der Waals surface area (Å²) in [6.45, 7) is -0.313. The fraction of sp³-hybridized carbons (Fsp3) is 0.300. The maximum absolute atomic E-state index is 13.8. The van der Waals surface area contributed by atoms with Crippen LogP contribution < -0.4 is 5.32 Å². The van der Waals surface area contributed by atoms with Crippen LogP contribution in [0.4, 0.5) is 37.0 Å². The first-order valence-corrected chi connectivity index (χ1v) is 9.32. The summed E-state index contributed by atoms with van der Waals surface area (Å²) >= 11 is 0. The van der Waals surface area contributed by atoms with Crippen LogP contribution in [0.5, 0.6) is 0 Å². The molecule has 164 valence electrons. The first-order valence-electron chi connectivity index (χ1n) is 9.32. The number of fused-ring (bicyclic) bond motifs is 1. The Morgan fingerprint density at radius 2 is 1.68 bits per heavy atom. The highest BCUT2D eigenvalue weighted by atomic mass is 19.4. The molecule has 4 rings (SSSR count). The van der Waals surface area contributed by atoms with Crippen molar-refractivity contribution in [2.45, 2.75) is 24.9 Å². The molecule has 0 atom stereocenters. The van der Waals surface area contributed by atoms with Gasteiger partial charge in [-0.2, -0.15) is 13.2 Å². The smallest absolute Gasteiger partial charge is 0.324 e. The molecule has 0 aliphatic carbocycles. The molecule has 0 saturated carbocycles. The molecule has 3 heterocycles. The topological polar surface area (TPSA) is 49.6 Å². The van der Waals surface area contributed by atoms with E-state index >= 15 is 0 Å². The maximum atomic E-state index is 13.8. The second-order valence-corrected chi connectivity index (χ2v) is 7.23.